The van der Waals surface area contributed by atoms with E-state index in [4.69, 9.17) is 20.9 Å². The Morgan fingerprint density at radius 1 is 1.06 bits per heavy atom. The number of nitrogens with zero attached hydrogens (tertiary/aromatic N) is 2. The number of aromatic nitrogens is 2. The van der Waals surface area contributed by atoms with Crippen molar-refractivity contribution in [3.05, 3.63) is 24.3 Å². The Labute approximate surface area is 103 Å². The van der Waals surface area contributed by atoms with Crippen LogP contribution in [0.5, 0.6) is 11.5 Å². The maximum Gasteiger partial charge on any atom is 0.231 e. The van der Waals surface area contributed by atoms with Crippen molar-refractivity contribution in [2.24, 2.45) is 0 Å². The van der Waals surface area contributed by atoms with E-state index in [0.29, 0.717) is 17.4 Å². The van der Waals surface area contributed by atoms with E-state index >= 15 is 0 Å². The van der Waals surface area contributed by atoms with Crippen LogP contribution in [0.3, 0.4) is 0 Å². The molecule has 1 aliphatic rings. The van der Waals surface area contributed by atoms with Crippen molar-refractivity contribution in [2.75, 3.05) is 23.6 Å². The van der Waals surface area contributed by atoms with Crippen molar-refractivity contribution in [3.63, 3.8) is 0 Å². The predicted molar refractivity (Wildman–Crippen MR) is 66.7 cm³/mol. The van der Waals surface area contributed by atoms with E-state index in [0.717, 1.165) is 11.4 Å². The quantitative estimate of drug-likeness (QED) is 0.727. The SMILES string of the molecule is Nc1cc(Nc2ccc3c(c2)OCO3)nc(N)n1. The third kappa shape index (κ3) is 1.93. The summed E-state index contributed by atoms with van der Waals surface area (Å²) in [7, 11) is 0. The van der Waals surface area contributed by atoms with E-state index in [9.17, 15) is 0 Å². The summed E-state index contributed by atoms with van der Waals surface area (Å²) in [5.41, 5.74) is 11.9. The van der Waals surface area contributed by atoms with Crippen LogP contribution in [-0.4, -0.2) is 16.8 Å². The van der Waals surface area contributed by atoms with Crippen LogP contribution in [-0.2, 0) is 0 Å². The topological polar surface area (TPSA) is 108 Å². The van der Waals surface area contributed by atoms with Gasteiger partial charge in [0.05, 0.1) is 0 Å². The minimum Gasteiger partial charge on any atom is -0.454 e. The van der Waals surface area contributed by atoms with Crippen LogP contribution in [0.1, 0.15) is 0 Å². The smallest absolute Gasteiger partial charge is 0.231 e. The van der Waals surface area contributed by atoms with Crippen LogP contribution >= 0.6 is 0 Å². The highest BCUT2D eigenvalue weighted by Crippen LogP contribution is 2.34. The van der Waals surface area contributed by atoms with Crippen molar-refractivity contribution in [1.29, 1.82) is 0 Å². The molecule has 0 spiro atoms. The number of benzene rings is 1. The summed E-state index contributed by atoms with van der Waals surface area (Å²) in [5.74, 6) is 2.38. The normalized spacial score (nSPS) is 12.4. The van der Waals surface area contributed by atoms with Gasteiger partial charge in [0, 0.05) is 17.8 Å². The first-order valence-corrected chi connectivity index (χ1v) is 5.27. The number of anilines is 4. The Bertz CT molecular complexity index is 582. The fourth-order valence-corrected chi connectivity index (χ4v) is 1.67. The Morgan fingerprint density at radius 2 is 1.89 bits per heavy atom. The Morgan fingerprint density at radius 3 is 2.72 bits per heavy atom. The van der Waals surface area contributed by atoms with Crippen molar-refractivity contribution in [3.8, 4) is 11.5 Å². The van der Waals surface area contributed by atoms with Crippen molar-refractivity contribution in [1.82, 2.24) is 9.97 Å². The molecule has 0 saturated heterocycles. The average Bonchev–Trinajstić information content (AvgIpc) is 2.74. The lowest BCUT2D eigenvalue weighted by Gasteiger charge is -2.07. The lowest BCUT2D eigenvalue weighted by Crippen LogP contribution is -2.02. The summed E-state index contributed by atoms with van der Waals surface area (Å²) in [6, 6.07) is 7.08. The van der Waals surface area contributed by atoms with E-state index in [2.05, 4.69) is 15.3 Å². The zero-order valence-electron chi connectivity index (χ0n) is 9.38. The van der Waals surface area contributed by atoms with E-state index in [1.165, 1.54) is 0 Å². The van der Waals surface area contributed by atoms with Crippen LogP contribution < -0.4 is 26.3 Å². The number of nitrogens with one attached hydrogen (secondary N) is 1. The number of rotatable bonds is 2. The standard InChI is InChI=1S/C11H11N5O2/c12-9-4-10(16-11(13)15-9)14-6-1-2-7-8(3-6)18-5-17-7/h1-4H,5H2,(H5,12,13,14,15,16). The van der Waals surface area contributed by atoms with Gasteiger partial charge in [-0.05, 0) is 12.1 Å². The first-order valence-electron chi connectivity index (χ1n) is 5.27. The number of ether oxygens (including phenoxy) is 2. The molecule has 0 radical (unpaired) electrons. The lowest BCUT2D eigenvalue weighted by molar-refractivity contribution is 0.174. The number of fused-ring (bicyclic) bond motifs is 1. The first-order chi connectivity index (χ1) is 8.70. The van der Waals surface area contributed by atoms with Gasteiger partial charge in [-0.3, -0.25) is 0 Å². The molecule has 5 N–H and O–H groups in total. The van der Waals surface area contributed by atoms with Gasteiger partial charge in [0.2, 0.25) is 12.7 Å². The summed E-state index contributed by atoms with van der Waals surface area (Å²) in [6.45, 7) is 0.242. The molecule has 0 fully saturated rings. The first kappa shape index (κ1) is 10.5. The summed E-state index contributed by atoms with van der Waals surface area (Å²) in [4.78, 5) is 7.82. The largest absolute Gasteiger partial charge is 0.454 e. The second-order valence-electron chi connectivity index (χ2n) is 3.73. The molecule has 0 atom stereocenters. The van der Waals surface area contributed by atoms with E-state index < -0.39 is 0 Å². The minimum absolute atomic E-state index is 0.123. The van der Waals surface area contributed by atoms with Crippen molar-refractivity contribution < 1.29 is 9.47 Å². The number of nitrogen functional groups attached to an aromatic ring is 2. The van der Waals surface area contributed by atoms with Crippen LogP contribution in [0.4, 0.5) is 23.3 Å². The number of nitrogens with two attached hydrogens (primary N) is 2. The van der Waals surface area contributed by atoms with E-state index in [1.807, 2.05) is 18.2 Å². The molecule has 0 bridgehead atoms. The second kappa shape index (κ2) is 3.95. The van der Waals surface area contributed by atoms with Gasteiger partial charge in [0.1, 0.15) is 11.6 Å². The highest BCUT2D eigenvalue weighted by atomic mass is 16.7. The molecule has 0 unspecified atom stereocenters. The molecule has 2 heterocycles. The van der Waals surface area contributed by atoms with E-state index in [1.54, 1.807) is 6.07 Å². The van der Waals surface area contributed by atoms with Gasteiger partial charge in [-0.25, -0.2) is 0 Å². The molecule has 0 aliphatic carbocycles. The molecule has 18 heavy (non-hydrogen) atoms. The zero-order chi connectivity index (χ0) is 12.5. The van der Waals surface area contributed by atoms with Crippen LogP contribution in [0, 0.1) is 0 Å². The molecular weight excluding hydrogens is 234 g/mol. The van der Waals surface area contributed by atoms with Crippen molar-refractivity contribution in [2.45, 2.75) is 0 Å². The summed E-state index contributed by atoms with van der Waals surface area (Å²) >= 11 is 0. The van der Waals surface area contributed by atoms with Crippen LogP contribution in [0.25, 0.3) is 0 Å². The second-order valence-corrected chi connectivity index (χ2v) is 3.73. The number of hydrogen-bond donors (Lipinski definition) is 3. The van der Waals surface area contributed by atoms with Gasteiger partial charge in [0.15, 0.2) is 11.5 Å². The average molecular weight is 245 g/mol. The number of hydrogen-bond acceptors (Lipinski definition) is 7. The zero-order valence-corrected chi connectivity index (χ0v) is 9.38. The van der Waals surface area contributed by atoms with Gasteiger partial charge in [-0.1, -0.05) is 0 Å². The summed E-state index contributed by atoms with van der Waals surface area (Å²) < 4.78 is 10.5. The third-order valence-corrected chi connectivity index (χ3v) is 2.41. The molecule has 7 heteroatoms. The molecule has 92 valence electrons. The molecule has 1 aliphatic heterocycles. The van der Waals surface area contributed by atoms with Gasteiger partial charge in [-0.2, -0.15) is 9.97 Å². The molecule has 7 nitrogen and oxygen atoms in total. The fraction of sp³-hybridized carbons (Fsp3) is 0.0909. The Balaban J connectivity index is 1.88. The van der Waals surface area contributed by atoms with Gasteiger partial charge >= 0.3 is 0 Å². The Kier molecular flexibility index (Phi) is 2.30. The van der Waals surface area contributed by atoms with Crippen LogP contribution in [0.15, 0.2) is 24.3 Å². The molecule has 3 rings (SSSR count). The van der Waals surface area contributed by atoms with Gasteiger partial charge < -0.3 is 26.3 Å². The summed E-state index contributed by atoms with van der Waals surface area (Å²) in [5, 5.41) is 3.07. The monoisotopic (exact) mass is 245 g/mol. The highest BCUT2D eigenvalue weighted by Gasteiger charge is 2.13. The Hall–Kier alpha value is -2.70. The van der Waals surface area contributed by atoms with Crippen LogP contribution in [0.2, 0.25) is 0 Å². The maximum atomic E-state index is 5.59. The molecule has 1 aromatic heterocycles. The lowest BCUT2D eigenvalue weighted by atomic mass is 10.3. The van der Waals surface area contributed by atoms with Gasteiger partial charge in [0.25, 0.3) is 0 Å². The van der Waals surface area contributed by atoms with Gasteiger partial charge in [-0.15, -0.1) is 0 Å². The molecule has 0 amide bonds. The fourth-order valence-electron chi connectivity index (χ4n) is 1.67. The van der Waals surface area contributed by atoms with E-state index in [-0.39, 0.29) is 12.7 Å². The summed E-state index contributed by atoms with van der Waals surface area (Å²) in [6.07, 6.45) is 0. The highest BCUT2D eigenvalue weighted by molar-refractivity contribution is 5.63. The molecular formula is C11H11N5O2. The maximum absolute atomic E-state index is 5.59. The molecule has 2 aromatic rings. The van der Waals surface area contributed by atoms with Crippen molar-refractivity contribution >= 4 is 23.3 Å². The molecule has 1 aromatic carbocycles. The predicted octanol–water partition coefficient (Wildman–Crippen LogP) is 1.11. The molecule has 0 saturated carbocycles. The minimum atomic E-state index is 0.123. The third-order valence-electron chi connectivity index (χ3n) is 2.41.